The van der Waals surface area contributed by atoms with E-state index >= 15 is 0 Å². The van der Waals surface area contributed by atoms with Gasteiger partial charge in [0.15, 0.2) is 0 Å². The van der Waals surface area contributed by atoms with Gasteiger partial charge in [0.1, 0.15) is 0 Å². The highest BCUT2D eigenvalue weighted by Crippen LogP contribution is 2.17. The van der Waals surface area contributed by atoms with E-state index in [1.54, 1.807) is 0 Å². The van der Waals surface area contributed by atoms with E-state index in [1.807, 2.05) is 13.0 Å². The van der Waals surface area contributed by atoms with Gasteiger partial charge in [0, 0.05) is 6.42 Å². The van der Waals surface area contributed by atoms with Crippen LogP contribution in [0.15, 0.2) is 24.3 Å². The summed E-state index contributed by atoms with van der Waals surface area (Å²) in [4.78, 5) is 0. The molecule has 0 amide bonds. The van der Waals surface area contributed by atoms with Crippen molar-refractivity contribution < 1.29 is 5.11 Å². The summed E-state index contributed by atoms with van der Waals surface area (Å²) in [5.74, 6) is 0. The molecular weight excluding hydrogens is 198 g/mol. The van der Waals surface area contributed by atoms with Crippen LogP contribution < -0.4 is 5.32 Å². The SMILES string of the molecule is CCNCCC(C)(O)Cc1cccc(C)c1. The Morgan fingerprint density at radius 3 is 2.75 bits per heavy atom. The molecule has 2 N–H and O–H groups in total. The van der Waals surface area contributed by atoms with Crippen LogP contribution >= 0.6 is 0 Å². The number of benzene rings is 1. The molecule has 0 aliphatic heterocycles. The third kappa shape index (κ3) is 4.77. The van der Waals surface area contributed by atoms with Gasteiger partial charge in [-0.2, -0.15) is 0 Å². The maximum absolute atomic E-state index is 10.2. The fraction of sp³-hybridized carbons (Fsp3) is 0.571. The van der Waals surface area contributed by atoms with Gasteiger partial charge < -0.3 is 10.4 Å². The quantitative estimate of drug-likeness (QED) is 0.722. The minimum Gasteiger partial charge on any atom is -0.390 e. The van der Waals surface area contributed by atoms with Crippen LogP contribution in [0, 0.1) is 6.92 Å². The van der Waals surface area contributed by atoms with Crippen molar-refractivity contribution in [3.63, 3.8) is 0 Å². The van der Waals surface area contributed by atoms with E-state index in [-0.39, 0.29) is 0 Å². The van der Waals surface area contributed by atoms with E-state index in [4.69, 9.17) is 0 Å². The predicted octanol–water partition coefficient (Wildman–Crippen LogP) is 2.29. The van der Waals surface area contributed by atoms with Crippen molar-refractivity contribution in [2.45, 2.75) is 39.2 Å². The van der Waals surface area contributed by atoms with Gasteiger partial charge in [-0.15, -0.1) is 0 Å². The normalized spacial score (nSPS) is 14.8. The monoisotopic (exact) mass is 221 g/mol. The van der Waals surface area contributed by atoms with E-state index in [9.17, 15) is 5.11 Å². The van der Waals surface area contributed by atoms with Crippen molar-refractivity contribution in [3.05, 3.63) is 35.4 Å². The molecule has 1 unspecified atom stereocenters. The minimum absolute atomic E-state index is 0.615. The Hall–Kier alpha value is -0.860. The number of hydrogen-bond donors (Lipinski definition) is 2. The lowest BCUT2D eigenvalue weighted by molar-refractivity contribution is 0.0517. The van der Waals surface area contributed by atoms with E-state index in [2.05, 4.69) is 37.4 Å². The van der Waals surface area contributed by atoms with Gasteiger partial charge in [-0.25, -0.2) is 0 Å². The van der Waals surface area contributed by atoms with Crippen molar-refractivity contribution in [1.82, 2.24) is 5.32 Å². The summed E-state index contributed by atoms with van der Waals surface area (Å²) in [5, 5.41) is 13.5. The molecule has 0 spiro atoms. The maximum Gasteiger partial charge on any atom is 0.0672 e. The van der Waals surface area contributed by atoms with Crippen molar-refractivity contribution >= 4 is 0 Å². The number of aliphatic hydroxyl groups is 1. The lowest BCUT2D eigenvalue weighted by Crippen LogP contribution is -2.32. The lowest BCUT2D eigenvalue weighted by atomic mass is 9.92. The Morgan fingerprint density at radius 1 is 1.38 bits per heavy atom. The molecule has 0 aromatic heterocycles. The predicted molar refractivity (Wildman–Crippen MR) is 68.7 cm³/mol. The molecule has 0 saturated heterocycles. The van der Waals surface area contributed by atoms with Gasteiger partial charge in [-0.3, -0.25) is 0 Å². The molecule has 0 radical (unpaired) electrons. The molecule has 90 valence electrons. The van der Waals surface area contributed by atoms with E-state index < -0.39 is 5.60 Å². The number of hydrogen-bond acceptors (Lipinski definition) is 2. The van der Waals surface area contributed by atoms with Crippen LogP contribution in [-0.4, -0.2) is 23.8 Å². The Morgan fingerprint density at radius 2 is 2.12 bits per heavy atom. The standard InChI is InChI=1S/C14H23NO/c1-4-15-9-8-14(3,16)11-13-7-5-6-12(2)10-13/h5-7,10,15-16H,4,8-9,11H2,1-3H3. The summed E-state index contributed by atoms with van der Waals surface area (Å²) in [5.41, 5.74) is 1.84. The van der Waals surface area contributed by atoms with Gasteiger partial charge in [0.05, 0.1) is 5.60 Å². The molecule has 0 heterocycles. The topological polar surface area (TPSA) is 32.3 Å². The van der Waals surface area contributed by atoms with Crippen molar-refractivity contribution in [2.75, 3.05) is 13.1 Å². The van der Waals surface area contributed by atoms with Gasteiger partial charge in [-0.1, -0.05) is 36.8 Å². The average molecular weight is 221 g/mol. The first-order chi connectivity index (χ1) is 7.53. The molecule has 0 fully saturated rings. The van der Waals surface area contributed by atoms with E-state index in [0.717, 1.165) is 25.9 Å². The second-order valence-corrected chi connectivity index (χ2v) is 4.77. The van der Waals surface area contributed by atoms with Crippen LogP contribution in [0.1, 0.15) is 31.4 Å². The zero-order valence-corrected chi connectivity index (χ0v) is 10.6. The highest BCUT2D eigenvalue weighted by molar-refractivity contribution is 5.23. The largest absolute Gasteiger partial charge is 0.390 e. The highest BCUT2D eigenvalue weighted by Gasteiger charge is 2.20. The summed E-state index contributed by atoms with van der Waals surface area (Å²) < 4.78 is 0. The third-order valence-corrected chi connectivity index (χ3v) is 2.76. The molecule has 1 aromatic rings. The molecule has 1 aromatic carbocycles. The first-order valence-corrected chi connectivity index (χ1v) is 6.02. The molecule has 1 rings (SSSR count). The van der Waals surface area contributed by atoms with E-state index in [0.29, 0.717) is 0 Å². The molecule has 0 aliphatic carbocycles. The summed E-state index contributed by atoms with van der Waals surface area (Å²) in [6.07, 6.45) is 1.51. The number of aryl methyl sites for hydroxylation is 1. The van der Waals surface area contributed by atoms with Gasteiger partial charge in [0.25, 0.3) is 0 Å². The Kier molecular flexibility index (Phi) is 4.97. The molecular formula is C14H23NO. The Labute approximate surface area is 98.7 Å². The fourth-order valence-corrected chi connectivity index (χ4v) is 1.88. The third-order valence-electron chi connectivity index (χ3n) is 2.76. The second kappa shape index (κ2) is 6.02. The molecule has 16 heavy (non-hydrogen) atoms. The molecule has 2 nitrogen and oxygen atoms in total. The van der Waals surface area contributed by atoms with E-state index in [1.165, 1.54) is 11.1 Å². The van der Waals surface area contributed by atoms with Gasteiger partial charge in [0.2, 0.25) is 0 Å². The molecule has 1 atom stereocenters. The highest BCUT2D eigenvalue weighted by atomic mass is 16.3. The van der Waals surface area contributed by atoms with Gasteiger partial charge >= 0.3 is 0 Å². The average Bonchev–Trinajstić information content (AvgIpc) is 2.17. The first-order valence-electron chi connectivity index (χ1n) is 6.02. The molecule has 0 bridgehead atoms. The summed E-state index contributed by atoms with van der Waals surface area (Å²) in [7, 11) is 0. The van der Waals surface area contributed by atoms with Crippen LogP contribution in [0.25, 0.3) is 0 Å². The van der Waals surface area contributed by atoms with Crippen LogP contribution in [0.4, 0.5) is 0 Å². The second-order valence-electron chi connectivity index (χ2n) is 4.77. The minimum atomic E-state index is -0.615. The lowest BCUT2D eigenvalue weighted by Gasteiger charge is -2.23. The Balaban J connectivity index is 2.51. The first kappa shape index (κ1) is 13.2. The summed E-state index contributed by atoms with van der Waals surface area (Å²) >= 11 is 0. The van der Waals surface area contributed by atoms with Crippen molar-refractivity contribution in [1.29, 1.82) is 0 Å². The zero-order valence-electron chi connectivity index (χ0n) is 10.6. The smallest absolute Gasteiger partial charge is 0.0672 e. The maximum atomic E-state index is 10.2. The van der Waals surface area contributed by atoms with Gasteiger partial charge in [-0.05, 0) is 38.9 Å². The number of rotatable bonds is 6. The molecule has 0 saturated carbocycles. The van der Waals surface area contributed by atoms with Crippen molar-refractivity contribution in [3.8, 4) is 0 Å². The Bertz CT molecular complexity index is 320. The number of nitrogens with one attached hydrogen (secondary N) is 1. The summed E-state index contributed by atoms with van der Waals surface area (Å²) in [6.45, 7) is 7.90. The van der Waals surface area contributed by atoms with Crippen LogP contribution in [0.2, 0.25) is 0 Å². The van der Waals surface area contributed by atoms with Crippen LogP contribution in [0.3, 0.4) is 0 Å². The van der Waals surface area contributed by atoms with Crippen LogP contribution in [-0.2, 0) is 6.42 Å². The summed E-state index contributed by atoms with van der Waals surface area (Å²) in [6, 6.07) is 8.35. The molecule has 0 aliphatic rings. The van der Waals surface area contributed by atoms with Crippen molar-refractivity contribution in [2.24, 2.45) is 0 Å². The van der Waals surface area contributed by atoms with Crippen LogP contribution in [0.5, 0.6) is 0 Å². The fourth-order valence-electron chi connectivity index (χ4n) is 1.88. The zero-order chi connectivity index (χ0) is 12.0. The molecule has 2 heteroatoms.